The van der Waals surface area contributed by atoms with Crippen LogP contribution in [-0.2, 0) is 0 Å². The Morgan fingerprint density at radius 1 is 1.50 bits per heavy atom. The first-order chi connectivity index (χ1) is 5.15. The van der Waals surface area contributed by atoms with E-state index in [2.05, 4.69) is 15.9 Å². The van der Waals surface area contributed by atoms with Crippen molar-refractivity contribution >= 4 is 22.2 Å². The average Bonchev–Trinajstić information content (AvgIpc) is 1.99. The van der Waals surface area contributed by atoms with Crippen LogP contribution in [0.4, 0.5) is 4.39 Å². The summed E-state index contributed by atoms with van der Waals surface area (Å²) in [5.74, 6) is -1.28. The highest BCUT2D eigenvalue weighted by molar-refractivity contribution is 9.10. The lowest BCUT2D eigenvalue weighted by Crippen LogP contribution is -1.84. The molecule has 0 aromatic heterocycles. The quantitative estimate of drug-likeness (QED) is 0.760. The van der Waals surface area contributed by atoms with Crippen molar-refractivity contribution in [3.8, 4) is 5.75 Å². The molecule has 0 amide bonds. The van der Waals surface area contributed by atoms with E-state index in [1.807, 2.05) is 0 Å². The van der Waals surface area contributed by atoms with Crippen LogP contribution < -0.4 is 0 Å². The number of hydrogen-bond acceptors (Lipinski definition) is 2. The van der Waals surface area contributed by atoms with Crippen molar-refractivity contribution in [2.75, 3.05) is 0 Å². The molecule has 0 aliphatic carbocycles. The molecule has 1 aromatic carbocycles. The second-order valence-electron chi connectivity index (χ2n) is 1.95. The molecule has 12 heavy (non-hydrogen) atoms. The third-order valence-corrected chi connectivity index (χ3v) is 1.78. The van der Waals surface area contributed by atoms with Crippen molar-refractivity contribution in [1.29, 1.82) is 0 Å². The van der Waals surface area contributed by atoms with Gasteiger partial charge in [0.05, 0.1) is 4.47 Å². The Labute approximate surface area is 78.2 Å². The Balaban J connectivity index is 0.00000121. The molecule has 0 heterocycles. The minimum atomic E-state index is -0.804. The molecule has 4 heteroatoms. The molecule has 0 bridgehead atoms. The van der Waals surface area contributed by atoms with E-state index >= 15 is 0 Å². The number of carbonyl (C=O) groups excluding carboxylic acids is 1. The number of halogens is 2. The fourth-order valence-electron chi connectivity index (χ4n) is 0.653. The van der Waals surface area contributed by atoms with Crippen LogP contribution in [0.1, 0.15) is 17.8 Å². The van der Waals surface area contributed by atoms with Gasteiger partial charge in [0, 0.05) is 5.56 Å². The molecular weight excluding hydrogens is 227 g/mol. The normalized spacial score (nSPS) is 8.83. The first kappa shape index (κ1) is 11.1. The van der Waals surface area contributed by atoms with Crippen molar-refractivity contribution in [3.05, 3.63) is 28.0 Å². The van der Waals surface area contributed by atoms with Gasteiger partial charge in [0.1, 0.15) is 6.29 Å². The van der Waals surface area contributed by atoms with Gasteiger partial charge in [0.2, 0.25) is 0 Å². The maximum atomic E-state index is 12.6. The number of aromatic hydroxyl groups is 1. The number of phenolic OH excluding ortho intramolecular Hbond substituents is 1. The fourth-order valence-corrected chi connectivity index (χ4v) is 1.11. The van der Waals surface area contributed by atoms with Gasteiger partial charge in [-0.25, -0.2) is 4.39 Å². The van der Waals surface area contributed by atoms with Gasteiger partial charge in [-0.3, -0.25) is 4.79 Å². The number of benzene rings is 1. The highest BCUT2D eigenvalue weighted by Crippen LogP contribution is 2.27. The Hall–Kier alpha value is -0.900. The van der Waals surface area contributed by atoms with Crippen molar-refractivity contribution < 1.29 is 14.3 Å². The number of rotatable bonds is 1. The molecule has 0 aliphatic rings. The van der Waals surface area contributed by atoms with E-state index in [0.717, 1.165) is 6.07 Å². The maximum Gasteiger partial charge on any atom is 0.166 e. The van der Waals surface area contributed by atoms with Crippen LogP contribution in [-0.4, -0.2) is 11.4 Å². The van der Waals surface area contributed by atoms with Crippen LogP contribution in [0.15, 0.2) is 16.6 Å². The Morgan fingerprint density at radius 3 is 2.50 bits per heavy atom. The molecule has 1 aromatic rings. The van der Waals surface area contributed by atoms with Crippen LogP contribution >= 0.6 is 15.9 Å². The number of aldehydes is 1. The highest BCUT2D eigenvalue weighted by atomic mass is 79.9. The van der Waals surface area contributed by atoms with E-state index in [1.54, 1.807) is 0 Å². The monoisotopic (exact) mass is 234 g/mol. The summed E-state index contributed by atoms with van der Waals surface area (Å²) in [6, 6.07) is 2.30. The van der Waals surface area contributed by atoms with Gasteiger partial charge in [0.25, 0.3) is 0 Å². The molecule has 0 saturated carbocycles. The molecule has 2 nitrogen and oxygen atoms in total. The molecule has 1 N–H and O–H groups in total. The van der Waals surface area contributed by atoms with E-state index < -0.39 is 11.6 Å². The number of carbonyl (C=O) groups is 1. The first-order valence-corrected chi connectivity index (χ1v) is 3.57. The Kier molecular flexibility index (Phi) is 3.89. The summed E-state index contributed by atoms with van der Waals surface area (Å²) in [4.78, 5) is 10.2. The number of phenols is 1. The van der Waals surface area contributed by atoms with Crippen molar-refractivity contribution in [2.24, 2.45) is 0 Å². The van der Waals surface area contributed by atoms with Crippen molar-refractivity contribution in [1.82, 2.24) is 0 Å². The molecule has 66 valence electrons. The smallest absolute Gasteiger partial charge is 0.166 e. The van der Waals surface area contributed by atoms with Crippen molar-refractivity contribution in [2.45, 2.75) is 7.43 Å². The van der Waals surface area contributed by atoms with E-state index in [4.69, 9.17) is 5.11 Å². The molecular formula is C8H8BrFO2. The van der Waals surface area contributed by atoms with Crippen LogP contribution in [0.5, 0.6) is 5.75 Å². The van der Waals surface area contributed by atoms with Gasteiger partial charge in [0.15, 0.2) is 11.6 Å². The molecule has 0 aliphatic heterocycles. The number of hydrogen-bond donors (Lipinski definition) is 1. The molecule has 0 atom stereocenters. The lowest BCUT2D eigenvalue weighted by molar-refractivity contribution is 0.112. The van der Waals surface area contributed by atoms with Crippen molar-refractivity contribution in [3.63, 3.8) is 0 Å². The summed E-state index contributed by atoms with van der Waals surface area (Å²) in [6.45, 7) is 0. The average molecular weight is 235 g/mol. The van der Waals surface area contributed by atoms with Gasteiger partial charge in [-0.15, -0.1) is 0 Å². The summed E-state index contributed by atoms with van der Waals surface area (Å²) in [7, 11) is 0. The van der Waals surface area contributed by atoms with Gasteiger partial charge in [-0.05, 0) is 28.1 Å². The topological polar surface area (TPSA) is 37.3 Å². The second kappa shape index (κ2) is 4.21. The zero-order valence-corrected chi connectivity index (χ0v) is 6.93. The predicted molar refractivity (Wildman–Crippen MR) is 47.9 cm³/mol. The Bertz CT molecular complexity index is 276. The van der Waals surface area contributed by atoms with Gasteiger partial charge < -0.3 is 5.11 Å². The highest BCUT2D eigenvalue weighted by Gasteiger charge is 2.06. The minimum Gasteiger partial charge on any atom is -0.504 e. The molecule has 0 saturated heterocycles. The van der Waals surface area contributed by atoms with E-state index in [1.165, 1.54) is 6.07 Å². The SMILES string of the molecule is C.O=Cc1cc(F)c(O)c(Br)c1. The molecule has 0 fully saturated rings. The van der Waals surface area contributed by atoms with Crippen LogP contribution in [0.3, 0.4) is 0 Å². The lowest BCUT2D eigenvalue weighted by Gasteiger charge is -1.98. The fraction of sp³-hybridized carbons (Fsp3) is 0.125. The predicted octanol–water partition coefficient (Wildman–Crippen LogP) is 2.74. The minimum absolute atomic E-state index is 0. The lowest BCUT2D eigenvalue weighted by atomic mass is 10.2. The van der Waals surface area contributed by atoms with E-state index in [0.29, 0.717) is 6.29 Å². The third kappa shape index (κ3) is 2.04. The zero-order valence-electron chi connectivity index (χ0n) is 5.34. The molecule has 0 spiro atoms. The van der Waals surface area contributed by atoms with Gasteiger partial charge in [-0.2, -0.15) is 0 Å². The van der Waals surface area contributed by atoms with Gasteiger partial charge >= 0.3 is 0 Å². The maximum absolute atomic E-state index is 12.6. The molecule has 1 rings (SSSR count). The summed E-state index contributed by atoms with van der Waals surface area (Å²) in [5, 5.41) is 8.89. The summed E-state index contributed by atoms with van der Waals surface area (Å²) in [5.41, 5.74) is 0.187. The van der Waals surface area contributed by atoms with E-state index in [9.17, 15) is 9.18 Å². The Morgan fingerprint density at radius 2 is 2.08 bits per heavy atom. The molecule has 0 unspecified atom stereocenters. The van der Waals surface area contributed by atoms with E-state index in [-0.39, 0.29) is 17.5 Å². The van der Waals surface area contributed by atoms with Crippen LogP contribution in [0.25, 0.3) is 0 Å². The van der Waals surface area contributed by atoms with Crippen LogP contribution in [0.2, 0.25) is 0 Å². The standard InChI is InChI=1S/C7H4BrFO2.CH4/c8-5-1-4(3-10)2-6(9)7(5)11;/h1-3,11H;1H4. The zero-order chi connectivity index (χ0) is 8.43. The third-order valence-electron chi connectivity index (χ3n) is 1.18. The van der Waals surface area contributed by atoms with Crippen LogP contribution in [0, 0.1) is 5.82 Å². The first-order valence-electron chi connectivity index (χ1n) is 2.78. The second-order valence-corrected chi connectivity index (χ2v) is 2.81. The summed E-state index contributed by atoms with van der Waals surface area (Å²) < 4.78 is 12.8. The summed E-state index contributed by atoms with van der Waals surface area (Å²) in [6.07, 6.45) is 0.507. The largest absolute Gasteiger partial charge is 0.504 e. The van der Waals surface area contributed by atoms with Gasteiger partial charge in [-0.1, -0.05) is 7.43 Å². The molecule has 0 radical (unpaired) electrons. The summed E-state index contributed by atoms with van der Waals surface area (Å²) >= 11 is 2.89.